The molecule has 0 bridgehead atoms. The fourth-order valence-electron chi connectivity index (χ4n) is 2.07. The Morgan fingerprint density at radius 3 is 2.75 bits per heavy atom. The molecular formula is C13H17N3. The van der Waals surface area contributed by atoms with Gasteiger partial charge in [-0.15, -0.1) is 0 Å². The Bertz CT molecular complexity index is 416. The topological polar surface area (TPSA) is 61.8 Å². The number of nitrogen functional groups attached to an aromatic ring is 1. The highest BCUT2D eigenvalue weighted by Gasteiger charge is 2.23. The van der Waals surface area contributed by atoms with Gasteiger partial charge in [-0.2, -0.15) is 5.26 Å². The van der Waals surface area contributed by atoms with E-state index in [1.54, 1.807) is 6.07 Å². The van der Waals surface area contributed by atoms with Crippen LogP contribution < -0.4 is 11.1 Å². The summed E-state index contributed by atoms with van der Waals surface area (Å²) in [5, 5.41) is 12.2. The average Bonchev–Trinajstić information content (AvgIpc) is 2.15. The molecule has 1 aliphatic rings. The van der Waals surface area contributed by atoms with Crippen LogP contribution in [0.5, 0.6) is 0 Å². The van der Waals surface area contributed by atoms with Crippen molar-refractivity contribution in [1.82, 2.24) is 0 Å². The fourth-order valence-corrected chi connectivity index (χ4v) is 2.07. The van der Waals surface area contributed by atoms with Gasteiger partial charge in [-0.25, -0.2) is 0 Å². The maximum Gasteiger partial charge on any atom is 0.101 e. The monoisotopic (exact) mass is 215 g/mol. The number of nitrogens with two attached hydrogens (primary N) is 1. The quantitative estimate of drug-likeness (QED) is 0.762. The third-order valence-electron chi connectivity index (χ3n) is 3.42. The molecule has 0 amide bonds. The van der Waals surface area contributed by atoms with Gasteiger partial charge in [-0.05, 0) is 43.9 Å². The Morgan fingerprint density at radius 2 is 2.25 bits per heavy atom. The summed E-state index contributed by atoms with van der Waals surface area (Å²) >= 11 is 0. The Labute approximate surface area is 96.3 Å². The molecule has 0 heterocycles. The number of rotatable bonds is 3. The summed E-state index contributed by atoms with van der Waals surface area (Å²) in [4.78, 5) is 0. The first-order valence-corrected chi connectivity index (χ1v) is 5.77. The van der Waals surface area contributed by atoms with Crippen molar-refractivity contribution in [1.29, 1.82) is 5.26 Å². The van der Waals surface area contributed by atoms with Crippen molar-refractivity contribution < 1.29 is 0 Å². The number of hydrogen-bond acceptors (Lipinski definition) is 3. The lowest BCUT2D eigenvalue weighted by atomic mass is 9.80. The molecule has 0 aromatic heterocycles. The lowest BCUT2D eigenvalue weighted by Gasteiger charge is -2.32. The van der Waals surface area contributed by atoms with E-state index in [-0.39, 0.29) is 0 Å². The van der Waals surface area contributed by atoms with Crippen LogP contribution in [0.3, 0.4) is 0 Å². The van der Waals surface area contributed by atoms with E-state index >= 15 is 0 Å². The summed E-state index contributed by atoms with van der Waals surface area (Å²) in [5.41, 5.74) is 7.87. The van der Waals surface area contributed by atoms with Gasteiger partial charge in [0.25, 0.3) is 0 Å². The number of nitrogens with zero attached hydrogens (tertiary/aromatic N) is 1. The highest BCUT2D eigenvalue weighted by Crippen LogP contribution is 2.31. The highest BCUT2D eigenvalue weighted by molar-refractivity contribution is 5.62. The first-order chi connectivity index (χ1) is 7.70. The van der Waals surface area contributed by atoms with Gasteiger partial charge in [0.1, 0.15) is 6.07 Å². The average molecular weight is 215 g/mol. The number of anilines is 2. The Morgan fingerprint density at radius 1 is 1.50 bits per heavy atom. The second-order valence-corrected chi connectivity index (χ2v) is 4.54. The SMILES string of the molecule is CC(Nc1ccc(C#N)c(N)c1)C1CCC1. The van der Waals surface area contributed by atoms with Crippen LogP contribution in [0.15, 0.2) is 18.2 Å². The van der Waals surface area contributed by atoms with Crippen LogP contribution in [0.25, 0.3) is 0 Å². The second-order valence-electron chi connectivity index (χ2n) is 4.54. The number of benzene rings is 1. The molecule has 1 aliphatic carbocycles. The van der Waals surface area contributed by atoms with Crippen LogP contribution in [0, 0.1) is 17.2 Å². The van der Waals surface area contributed by atoms with E-state index in [2.05, 4.69) is 18.3 Å². The molecule has 84 valence electrons. The van der Waals surface area contributed by atoms with Gasteiger partial charge in [0.05, 0.1) is 11.3 Å². The molecule has 1 aromatic carbocycles. The van der Waals surface area contributed by atoms with Crippen LogP contribution in [-0.2, 0) is 0 Å². The van der Waals surface area contributed by atoms with E-state index in [1.165, 1.54) is 19.3 Å². The van der Waals surface area contributed by atoms with Crippen molar-refractivity contribution in [3.63, 3.8) is 0 Å². The van der Waals surface area contributed by atoms with Crippen LogP contribution in [0.4, 0.5) is 11.4 Å². The van der Waals surface area contributed by atoms with Crippen molar-refractivity contribution >= 4 is 11.4 Å². The van der Waals surface area contributed by atoms with Gasteiger partial charge >= 0.3 is 0 Å². The van der Waals surface area contributed by atoms with Gasteiger partial charge in [0.2, 0.25) is 0 Å². The second kappa shape index (κ2) is 4.44. The van der Waals surface area contributed by atoms with E-state index in [9.17, 15) is 0 Å². The predicted octanol–water partition coefficient (Wildman–Crippen LogP) is 2.74. The maximum atomic E-state index is 8.78. The number of nitrogens with one attached hydrogen (secondary N) is 1. The van der Waals surface area contributed by atoms with Crippen molar-refractivity contribution in [2.75, 3.05) is 11.1 Å². The Kier molecular flexibility index (Phi) is 3.00. The van der Waals surface area contributed by atoms with E-state index in [0.29, 0.717) is 17.3 Å². The molecule has 1 saturated carbocycles. The summed E-state index contributed by atoms with van der Waals surface area (Å²) in [7, 11) is 0. The molecule has 1 aromatic rings. The molecule has 1 unspecified atom stereocenters. The highest BCUT2D eigenvalue weighted by atomic mass is 14.9. The molecule has 0 spiro atoms. The molecule has 0 aliphatic heterocycles. The molecule has 3 nitrogen and oxygen atoms in total. The van der Waals surface area contributed by atoms with Gasteiger partial charge in [0, 0.05) is 11.7 Å². The normalized spacial score (nSPS) is 17.2. The smallest absolute Gasteiger partial charge is 0.101 e. The molecule has 3 N–H and O–H groups in total. The zero-order valence-corrected chi connectivity index (χ0v) is 9.53. The summed E-state index contributed by atoms with van der Waals surface area (Å²) in [6, 6.07) is 8.09. The van der Waals surface area contributed by atoms with Crippen molar-refractivity contribution in [2.45, 2.75) is 32.2 Å². The lowest BCUT2D eigenvalue weighted by molar-refractivity contribution is 0.285. The third kappa shape index (κ3) is 2.11. The predicted molar refractivity (Wildman–Crippen MR) is 66.0 cm³/mol. The first kappa shape index (κ1) is 10.8. The third-order valence-corrected chi connectivity index (χ3v) is 3.42. The summed E-state index contributed by atoms with van der Waals surface area (Å²) in [6.07, 6.45) is 3.99. The summed E-state index contributed by atoms with van der Waals surface area (Å²) < 4.78 is 0. The minimum absolute atomic E-state index is 0.487. The van der Waals surface area contributed by atoms with E-state index in [4.69, 9.17) is 11.0 Å². The van der Waals surface area contributed by atoms with E-state index in [0.717, 1.165) is 11.6 Å². The largest absolute Gasteiger partial charge is 0.398 e. The van der Waals surface area contributed by atoms with Crippen LogP contribution in [0.2, 0.25) is 0 Å². The molecule has 1 fully saturated rings. The van der Waals surface area contributed by atoms with Crippen LogP contribution >= 0.6 is 0 Å². The molecule has 1 atom stereocenters. The zero-order valence-electron chi connectivity index (χ0n) is 9.53. The van der Waals surface area contributed by atoms with Gasteiger partial charge in [0.15, 0.2) is 0 Å². The van der Waals surface area contributed by atoms with Crippen molar-refractivity contribution in [3.8, 4) is 6.07 Å². The van der Waals surface area contributed by atoms with Crippen molar-refractivity contribution in [2.24, 2.45) is 5.92 Å². The fraction of sp³-hybridized carbons (Fsp3) is 0.462. The molecule has 16 heavy (non-hydrogen) atoms. The summed E-state index contributed by atoms with van der Waals surface area (Å²) in [6.45, 7) is 2.21. The van der Waals surface area contributed by atoms with E-state index in [1.807, 2.05) is 12.1 Å². The molecule has 0 saturated heterocycles. The molecule has 3 heteroatoms. The molecule has 0 radical (unpaired) electrons. The molecule has 2 rings (SSSR count). The minimum atomic E-state index is 0.487. The van der Waals surface area contributed by atoms with E-state index < -0.39 is 0 Å². The lowest BCUT2D eigenvalue weighted by Crippen LogP contribution is -2.30. The number of hydrogen-bond donors (Lipinski definition) is 2. The Hall–Kier alpha value is -1.69. The van der Waals surface area contributed by atoms with Gasteiger partial charge in [-0.1, -0.05) is 6.42 Å². The summed E-state index contributed by atoms with van der Waals surface area (Å²) in [5.74, 6) is 0.789. The number of nitriles is 1. The standard InChI is InChI=1S/C13H17N3/c1-9(10-3-2-4-10)16-12-6-5-11(8-14)13(15)7-12/h5-7,9-10,16H,2-4,15H2,1H3. The first-order valence-electron chi connectivity index (χ1n) is 5.77. The van der Waals surface area contributed by atoms with Crippen LogP contribution in [0.1, 0.15) is 31.7 Å². The van der Waals surface area contributed by atoms with Crippen LogP contribution in [-0.4, -0.2) is 6.04 Å². The van der Waals surface area contributed by atoms with Gasteiger partial charge in [-0.3, -0.25) is 0 Å². The zero-order chi connectivity index (χ0) is 11.5. The maximum absolute atomic E-state index is 8.78. The van der Waals surface area contributed by atoms with Crippen molar-refractivity contribution in [3.05, 3.63) is 23.8 Å². The molecular weight excluding hydrogens is 198 g/mol. The minimum Gasteiger partial charge on any atom is -0.398 e. The Balaban J connectivity index is 2.04. The van der Waals surface area contributed by atoms with Gasteiger partial charge < -0.3 is 11.1 Å².